The van der Waals surface area contributed by atoms with E-state index in [-0.39, 0.29) is 5.69 Å². The Morgan fingerprint density at radius 3 is 2.63 bits per heavy atom. The molecular weight excluding hydrogens is 312 g/mol. The highest BCUT2D eigenvalue weighted by Crippen LogP contribution is 1.97. The molecule has 1 heterocycles. The van der Waals surface area contributed by atoms with Crippen LogP contribution < -0.4 is 16.6 Å². The Bertz CT molecular complexity index is 493. The zero-order valence-electron chi connectivity index (χ0n) is 11.4. The summed E-state index contributed by atoms with van der Waals surface area (Å²) < 4.78 is 1.85. The molecule has 1 rings (SSSR count). The van der Waals surface area contributed by atoms with Gasteiger partial charge in [-0.25, -0.2) is 4.79 Å². The molecule has 7 heteroatoms. The first-order valence-corrected chi connectivity index (χ1v) is 7.30. The van der Waals surface area contributed by atoms with Crippen molar-refractivity contribution in [1.82, 2.24) is 19.8 Å². The van der Waals surface area contributed by atoms with Crippen LogP contribution in [0.5, 0.6) is 0 Å². The van der Waals surface area contributed by atoms with Gasteiger partial charge in [-0.1, -0.05) is 13.8 Å². The van der Waals surface area contributed by atoms with Crippen molar-refractivity contribution in [3.05, 3.63) is 31.5 Å². The number of nitrogens with zero attached hydrogens (tertiary/aromatic N) is 2. The Kier molecular flexibility index (Phi) is 7.04. The van der Waals surface area contributed by atoms with Crippen LogP contribution in [0.2, 0.25) is 0 Å². The fourth-order valence-electron chi connectivity index (χ4n) is 1.75. The van der Waals surface area contributed by atoms with E-state index in [1.165, 1.54) is 10.8 Å². The van der Waals surface area contributed by atoms with Gasteiger partial charge < -0.3 is 10.2 Å². The number of hydrogen-bond acceptors (Lipinski definition) is 4. The van der Waals surface area contributed by atoms with E-state index in [0.717, 1.165) is 26.2 Å². The standard InChI is InChI=1S/C12H21BrN4O2/c1-3-16(4-2)7-5-14-6-8-17-9-10(13)11(18)15-12(17)19/h9,14H,3-8H2,1-2H3,(H,15,18,19). The highest BCUT2D eigenvalue weighted by Gasteiger charge is 2.02. The van der Waals surface area contributed by atoms with E-state index in [4.69, 9.17) is 0 Å². The molecule has 0 fully saturated rings. The molecular formula is C12H21BrN4O2. The summed E-state index contributed by atoms with van der Waals surface area (Å²) in [5.74, 6) is 0. The van der Waals surface area contributed by atoms with Crippen LogP contribution in [0, 0.1) is 0 Å². The summed E-state index contributed by atoms with van der Waals surface area (Å²) in [6.45, 7) is 9.49. The van der Waals surface area contributed by atoms with Crippen molar-refractivity contribution in [2.75, 3.05) is 32.7 Å². The minimum absolute atomic E-state index is 0.371. The van der Waals surface area contributed by atoms with Crippen LogP contribution in [-0.2, 0) is 6.54 Å². The number of hydrogen-bond donors (Lipinski definition) is 2. The summed E-state index contributed by atoms with van der Waals surface area (Å²) in [6, 6.07) is 0. The quantitative estimate of drug-likeness (QED) is 0.669. The van der Waals surface area contributed by atoms with Crippen molar-refractivity contribution in [2.45, 2.75) is 20.4 Å². The molecule has 19 heavy (non-hydrogen) atoms. The summed E-state index contributed by atoms with van der Waals surface area (Å²) in [4.78, 5) is 27.3. The highest BCUT2D eigenvalue weighted by molar-refractivity contribution is 9.10. The maximum absolute atomic E-state index is 11.5. The molecule has 0 unspecified atom stereocenters. The first-order chi connectivity index (χ1) is 9.08. The maximum Gasteiger partial charge on any atom is 0.328 e. The lowest BCUT2D eigenvalue weighted by Crippen LogP contribution is -2.36. The van der Waals surface area contributed by atoms with E-state index < -0.39 is 5.56 Å². The number of aromatic nitrogens is 2. The van der Waals surface area contributed by atoms with Gasteiger partial charge in [-0.3, -0.25) is 14.3 Å². The molecule has 1 aromatic heterocycles. The smallest absolute Gasteiger partial charge is 0.314 e. The summed E-state index contributed by atoms with van der Waals surface area (Å²) >= 11 is 3.11. The summed E-state index contributed by atoms with van der Waals surface area (Å²) in [6.07, 6.45) is 1.52. The normalized spacial score (nSPS) is 11.2. The van der Waals surface area contributed by atoms with Crippen LogP contribution in [0.1, 0.15) is 13.8 Å². The molecule has 0 radical (unpaired) electrons. The second kappa shape index (κ2) is 8.29. The average Bonchev–Trinajstić information content (AvgIpc) is 2.39. The number of aromatic amines is 1. The van der Waals surface area contributed by atoms with Gasteiger partial charge in [0.1, 0.15) is 0 Å². The van der Waals surface area contributed by atoms with Crippen molar-refractivity contribution in [3.63, 3.8) is 0 Å². The molecule has 0 saturated heterocycles. The predicted molar refractivity (Wildman–Crippen MR) is 79.7 cm³/mol. The molecule has 0 aliphatic carbocycles. The fraction of sp³-hybridized carbons (Fsp3) is 0.667. The lowest BCUT2D eigenvalue weighted by Gasteiger charge is -2.18. The zero-order chi connectivity index (χ0) is 14.3. The highest BCUT2D eigenvalue weighted by atomic mass is 79.9. The van der Waals surface area contributed by atoms with Gasteiger partial charge in [-0.2, -0.15) is 0 Å². The fourth-order valence-corrected chi connectivity index (χ4v) is 2.10. The molecule has 2 N–H and O–H groups in total. The van der Waals surface area contributed by atoms with Gasteiger partial charge in [0.15, 0.2) is 0 Å². The molecule has 0 aliphatic heterocycles. The molecule has 0 amide bonds. The van der Waals surface area contributed by atoms with E-state index in [0.29, 0.717) is 17.6 Å². The van der Waals surface area contributed by atoms with Crippen molar-refractivity contribution in [1.29, 1.82) is 0 Å². The van der Waals surface area contributed by atoms with Crippen molar-refractivity contribution >= 4 is 15.9 Å². The zero-order valence-corrected chi connectivity index (χ0v) is 13.0. The second-order valence-corrected chi connectivity index (χ2v) is 5.06. The van der Waals surface area contributed by atoms with Gasteiger partial charge in [-0.05, 0) is 29.0 Å². The molecule has 0 aliphatic rings. The SMILES string of the molecule is CCN(CC)CCNCCn1cc(Br)c(=O)[nH]c1=O. The number of likely N-dealkylation sites (N-methyl/N-ethyl adjacent to an activating group) is 1. The third-order valence-electron chi connectivity index (χ3n) is 3.00. The van der Waals surface area contributed by atoms with E-state index in [1.54, 1.807) is 0 Å². The van der Waals surface area contributed by atoms with Crippen LogP contribution in [-0.4, -0.2) is 47.2 Å². The van der Waals surface area contributed by atoms with Gasteiger partial charge >= 0.3 is 5.69 Å². The Balaban J connectivity index is 2.36. The Morgan fingerprint density at radius 2 is 2.00 bits per heavy atom. The monoisotopic (exact) mass is 332 g/mol. The molecule has 108 valence electrons. The molecule has 0 saturated carbocycles. The Hall–Kier alpha value is -0.920. The molecule has 1 aromatic rings. The van der Waals surface area contributed by atoms with Crippen molar-refractivity contribution < 1.29 is 0 Å². The van der Waals surface area contributed by atoms with E-state index in [9.17, 15) is 9.59 Å². The van der Waals surface area contributed by atoms with Crippen LogP contribution in [0.4, 0.5) is 0 Å². The van der Waals surface area contributed by atoms with Crippen LogP contribution in [0.3, 0.4) is 0 Å². The third-order valence-corrected chi connectivity index (χ3v) is 3.56. The van der Waals surface area contributed by atoms with Crippen molar-refractivity contribution in [2.24, 2.45) is 0 Å². The Labute approximate surface area is 121 Å². The predicted octanol–water partition coefficient (Wildman–Crippen LogP) is 0.231. The van der Waals surface area contributed by atoms with Crippen LogP contribution in [0.25, 0.3) is 0 Å². The van der Waals surface area contributed by atoms with Crippen molar-refractivity contribution in [3.8, 4) is 0 Å². The lowest BCUT2D eigenvalue weighted by atomic mass is 10.4. The second-order valence-electron chi connectivity index (χ2n) is 4.21. The minimum atomic E-state index is -0.393. The number of halogens is 1. The number of nitrogens with one attached hydrogen (secondary N) is 2. The van der Waals surface area contributed by atoms with Gasteiger partial charge in [0, 0.05) is 32.4 Å². The minimum Gasteiger partial charge on any atom is -0.314 e. The summed E-state index contributed by atoms with van der Waals surface area (Å²) in [5, 5.41) is 3.29. The Morgan fingerprint density at radius 1 is 1.32 bits per heavy atom. The summed E-state index contributed by atoms with van der Waals surface area (Å²) in [5.41, 5.74) is -0.769. The number of rotatable bonds is 8. The van der Waals surface area contributed by atoms with Gasteiger partial charge in [-0.15, -0.1) is 0 Å². The van der Waals surface area contributed by atoms with Crippen LogP contribution in [0.15, 0.2) is 20.3 Å². The largest absolute Gasteiger partial charge is 0.328 e. The summed E-state index contributed by atoms with van der Waals surface area (Å²) in [7, 11) is 0. The topological polar surface area (TPSA) is 70.1 Å². The van der Waals surface area contributed by atoms with Gasteiger partial charge in [0.05, 0.1) is 4.47 Å². The van der Waals surface area contributed by atoms with Gasteiger partial charge in [0.2, 0.25) is 0 Å². The van der Waals surface area contributed by atoms with E-state index >= 15 is 0 Å². The molecule has 0 atom stereocenters. The lowest BCUT2D eigenvalue weighted by molar-refractivity contribution is 0.301. The van der Waals surface area contributed by atoms with E-state index in [1.807, 2.05) is 0 Å². The molecule has 6 nitrogen and oxygen atoms in total. The average molecular weight is 333 g/mol. The molecule has 0 bridgehead atoms. The van der Waals surface area contributed by atoms with E-state index in [2.05, 4.69) is 45.0 Å². The third kappa shape index (κ3) is 5.30. The van der Waals surface area contributed by atoms with Crippen LogP contribution >= 0.6 is 15.9 Å². The first-order valence-electron chi connectivity index (χ1n) is 6.50. The molecule has 0 spiro atoms. The van der Waals surface area contributed by atoms with Gasteiger partial charge in [0.25, 0.3) is 5.56 Å². The molecule has 0 aromatic carbocycles. The first kappa shape index (κ1) is 16.1. The maximum atomic E-state index is 11.5. The number of H-pyrrole nitrogens is 1.